The van der Waals surface area contributed by atoms with Gasteiger partial charge < -0.3 is 0 Å². The molecule has 0 heteroatoms. The quantitative estimate of drug-likeness (QED) is 0.379. The Morgan fingerprint density at radius 3 is 1.85 bits per heavy atom. The van der Waals surface area contributed by atoms with Crippen molar-refractivity contribution in [1.82, 2.24) is 0 Å². The minimum Gasteiger partial charge on any atom is -0.0625 e. The highest BCUT2D eigenvalue weighted by atomic mass is 14.4. The van der Waals surface area contributed by atoms with Crippen LogP contribution in [0.2, 0.25) is 0 Å². The monoisotopic (exact) mass is 362 g/mol. The normalized spacial score (nSPS) is 38.9. The Morgan fingerprint density at radius 1 is 0.654 bits per heavy atom. The van der Waals surface area contributed by atoms with Crippen molar-refractivity contribution in [3.8, 4) is 0 Å². The van der Waals surface area contributed by atoms with E-state index in [-0.39, 0.29) is 0 Å². The molecular formula is C26H50. The lowest BCUT2D eigenvalue weighted by atomic mass is 9.63. The Hall–Kier alpha value is 0. The molecule has 0 heterocycles. The summed E-state index contributed by atoms with van der Waals surface area (Å²) in [4.78, 5) is 0. The maximum atomic E-state index is 2.53. The van der Waals surface area contributed by atoms with Crippen LogP contribution < -0.4 is 0 Å². The molecule has 2 rings (SSSR count). The summed E-state index contributed by atoms with van der Waals surface area (Å²) in [5.74, 6) is 8.63. The van der Waals surface area contributed by atoms with Crippen molar-refractivity contribution in [2.24, 2.45) is 53.3 Å². The fourth-order valence-corrected chi connectivity index (χ4v) is 7.62. The van der Waals surface area contributed by atoms with Gasteiger partial charge in [0.1, 0.15) is 0 Å². The van der Waals surface area contributed by atoms with Gasteiger partial charge in [-0.05, 0) is 66.1 Å². The molecule has 0 aromatic heterocycles. The molecule has 0 nitrogen and oxygen atoms in total. The standard InChI is InChI=1S/C26H50/c1-18(2)25-21(6)12-11-15-23(25)13-9-8-10-14-24-17-20(5)16-22(7)26(24)19(3)4/h18-26H,8-17H2,1-7H3. The van der Waals surface area contributed by atoms with Gasteiger partial charge in [-0.25, -0.2) is 0 Å². The van der Waals surface area contributed by atoms with Gasteiger partial charge in [0.25, 0.3) is 0 Å². The molecule has 0 N–H and O–H groups in total. The van der Waals surface area contributed by atoms with Crippen molar-refractivity contribution in [3.63, 3.8) is 0 Å². The average Bonchev–Trinajstić information content (AvgIpc) is 2.53. The van der Waals surface area contributed by atoms with Gasteiger partial charge in [0.2, 0.25) is 0 Å². The van der Waals surface area contributed by atoms with Gasteiger partial charge in [-0.1, -0.05) is 99.8 Å². The Morgan fingerprint density at radius 2 is 1.23 bits per heavy atom. The second kappa shape index (κ2) is 10.5. The van der Waals surface area contributed by atoms with E-state index >= 15 is 0 Å². The highest BCUT2D eigenvalue weighted by molar-refractivity contribution is 4.85. The molecule has 2 aliphatic rings. The van der Waals surface area contributed by atoms with Crippen molar-refractivity contribution >= 4 is 0 Å². The van der Waals surface area contributed by atoms with Crippen LogP contribution in [0.3, 0.4) is 0 Å². The number of hydrogen-bond acceptors (Lipinski definition) is 0. The topological polar surface area (TPSA) is 0 Å². The van der Waals surface area contributed by atoms with Crippen LogP contribution in [-0.2, 0) is 0 Å². The van der Waals surface area contributed by atoms with Crippen LogP contribution in [0.25, 0.3) is 0 Å². The van der Waals surface area contributed by atoms with E-state index in [9.17, 15) is 0 Å². The van der Waals surface area contributed by atoms with Crippen molar-refractivity contribution < 1.29 is 0 Å². The molecule has 2 saturated carbocycles. The van der Waals surface area contributed by atoms with Gasteiger partial charge in [0, 0.05) is 0 Å². The van der Waals surface area contributed by atoms with Crippen LogP contribution in [0.1, 0.15) is 113 Å². The second-order valence-corrected chi connectivity index (χ2v) is 11.3. The van der Waals surface area contributed by atoms with Gasteiger partial charge in [0.05, 0.1) is 0 Å². The van der Waals surface area contributed by atoms with E-state index in [2.05, 4.69) is 48.5 Å². The van der Waals surface area contributed by atoms with E-state index in [1.165, 1.54) is 64.2 Å². The lowest BCUT2D eigenvalue weighted by Crippen LogP contribution is -2.34. The third kappa shape index (κ3) is 6.00. The number of unbranched alkanes of at least 4 members (excludes halogenated alkanes) is 2. The van der Waals surface area contributed by atoms with Crippen LogP contribution in [-0.4, -0.2) is 0 Å². The van der Waals surface area contributed by atoms with Gasteiger partial charge in [0.15, 0.2) is 0 Å². The summed E-state index contributed by atoms with van der Waals surface area (Å²) < 4.78 is 0. The lowest BCUT2D eigenvalue weighted by Gasteiger charge is -2.42. The van der Waals surface area contributed by atoms with E-state index in [0.29, 0.717) is 0 Å². The van der Waals surface area contributed by atoms with Crippen molar-refractivity contribution in [3.05, 3.63) is 0 Å². The minimum atomic E-state index is 0.873. The van der Waals surface area contributed by atoms with E-state index in [1.807, 2.05) is 0 Å². The van der Waals surface area contributed by atoms with Crippen LogP contribution in [0, 0.1) is 53.3 Å². The minimum absolute atomic E-state index is 0.873. The molecule has 7 atom stereocenters. The van der Waals surface area contributed by atoms with E-state index in [4.69, 9.17) is 0 Å². The van der Waals surface area contributed by atoms with Crippen LogP contribution in [0.4, 0.5) is 0 Å². The molecule has 0 aliphatic heterocycles. The van der Waals surface area contributed by atoms with Gasteiger partial charge in [-0.3, -0.25) is 0 Å². The third-order valence-corrected chi connectivity index (χ3v) is 8.31. The number of rotatable bonds is 8. The third-order valence-electron chi connectivity index (χ3n) is 8.31. The summed E-state index contributed by atoms with van der Waals surface area (Å²) in [6.07, 6.45) is 14.9. The van der Waals surface area contributed by atoms with E-state index < -0.39 is 0 Å². The molecule has 26 heavy (non-hydrogen) atoms. The van der Waals surface area contributed by atoms with E-state index in [0.717, 1.165) is 53.3 Å². The second-order valence-electron chi connectivity index (χ2n) is 11.3. The molecule has 0 aromatic rings. The summed E-state index contributed by atoms with van der Waals surface area (Å²) >= 11 is 0. The molecule has 2 fully saturated rings. The summed E-state index contributed by atoms with van der Waals surface area (Å²) in [5, 5.41) is 0. The zero-order valence-electron chi connectivity index (χ0n) is 19.3. The average molecular weight is 363 g/mol. The first-order valence-corrected chi connectivity index (χ1v) is 12.3. The predicted molar refractivity (Wildman–Crippen MR) is 117 cm³/mol. The Labute approximate surface area is 166 Å². The van der Waals surface area contributed by atoms with Gasteiger partial charge in [-0.15, -0.1) is 0 Å². The van der Waals surface area contributed by atoms with E-state index in [1.54, 1.807) is 0 Å². The van der Waals surface area contributed by atoms with Crippen LogP contribution in [0.5, 0.6) is 0 Å². The molecule has 2 aliphatic carbocycles. The summed E-state index contributed by atoms with van der Waals surface area (Å²) in [5.41, 5.74) is 0. The molecule has 0 spiro atoms. The Kier molecular flexibility index (Phi) is 9.02. The molecule has 0 radical (unpaired) electrons. The van der Waals surface area contributed by atoms with Crippen molar-refractivity contribution in [2.75, 3.05) is 0 Å². The largest absolute Gasteiger partial charge is 0.0625 e. The van der Waals surface area contributed by atoms with Crippen LogP contribution >= 0.6 is 0 Å². The smallest absolute Gasteiger partial charge is 0.0337 e. The Bertz CT molecular complexity index is 381. The highest BCUT2D eigenvalue weighted by Crippen LogP contribution is 2.44. The van der Waals surface area contributed by atoms with Crippen molar-refractivity contribution in [2.45, 2.75) is 113 Å². The zero-order chi connectivity index (χ0) is 19.3. The summed E-state index contributed by atoms with van der Waals surface area (Å²) in [6, 6.07) is 0. The zero-order valence-corrected chi connectivity index (χ0v) is 19.3. The first-order valence-electron chi connectivity index (χ1n) is 12.3. The first kappa shape index (κ1) is 22.3. The molecule has 0 amide bonds. The number of hydrogen-bond donors (Lipinski definition) is 0. The fourth-order valence-electron chi connectivity index (χ4n) is 7.62. The Balaban J connectivity index is 1.73. The predicted octanol–water partition coefficient (Wildman–Crippen LogP) is 8.60. The molecule has 0 aromatic carbocycles. The summed E-state index contributed by atoms with van der Waals surface area (Å²) in [7, 11) is 0. The van der Waals surface area contributed by atoms with Gasteiger partial charge >= 0.3 is 0 Å². The maximum absolute atomic E-state index is 2.53. The molecule has 154 valence electrons. The fraction of sp³-hybridized carbons (Fsp3) is 1.00. The molecule has 0 bridgehead atoms. The summed E-state index contributed by atoms with van der Waals surface area (Å²) in [6.45, 7) is 17.4. The van der Waals surface area contributed by atoms with Crippen molar-refractivity contribution in [1.29, 1.82) is 0 Å². The van der Waals surface area contributed by atoms with Gasteiger partial charge in [-0.2, -0.15) is 0 Å². The maximum Gasteiger partial charge on any atom is -0.0337 e. The lowest BCUT2D eigenvalue weighted by molar-refractivity contribution is 0.0760. The highest BCUT2D eigenvalue weighted by Gasteiger charge is 2.35. The molecule has 0 saturated heterocycles. The molecule has 7 unspecified atom stereocenters. The first-order chi connectivity index (χ1) is 12.3. The van der Waals surface area contributed by atoms with Crippen LogP contribution in [0.15, 0.2) is 0 Å². The molecular weight excluding hydrogens is 312 g/mol. The SMILES string of the molecule is CC1CC(C)C(C(C)C)C(CCCCCC2CCCC(C)C2C(C)C)C1.